The summed E-state index contributed by atoms with van der Waals surface area (Å²) in [5, 5.41) is 9.59. The molecular formula is C22H21FN4O5S. The number of sulfone groups is 1. The molecule has 0 aliphatic carbocycles. The van der Waals surface area contributed by atoms with E-state index in [1.54, 1.807) is 26.0 Å². The van der Waals surface area contributed by atoms with E-state index in [9.17, 15) is 22.4 Å². The second kappa shape index (κ2) is 8.74. The Morgan fingerprint density at radius 1 is 1.18 bits per heavy atom. The van der Waals surface area contributed by atoms with Gasteiger partial charge in [-0.25, -0.2) is 12.8 Å². The van der Waals surface area contributed by atoms with E-state index in [1.165, 1.54) is 41.3 Å². The summed E-state index contributed by atoms with van der Waals surface area (Å²) < 4.78 is 43.5. The third-order valence-electron chi connectivity index (χ3n) is 5.32. The Morgan fingerprint density at radius 3 is 2.61 bits per heavy atom. The van der Waals surface area contributed by atoms with Gasteiger partial charge in [0.15, 0.2) is 9.84 Å². The predicted molar refractivity (Wildman–Crippen MR) is 118 cm³/mol. The van der Waals surface area contributed by atoms with Crippen LogP contribution in [0.4, 0.5) is 16.1 Å². The zero-order valence-corrected chi connectivity index (χ0v) is 18.7. The molecule has 2 amide bonds. The van der Waals surface area contributed by atoms with Gasteiger partial charge in [0.2, 0.25) is 17.7 Å². The van der Waals surface area contributed by atoms with Crippen molar-refractivity contribution in [1.82, 2.24) is 10.2 Å². The predicted octanol–water partition coefficient (Wildman–Crippen LogP) is 3.05. The number of rotatable bonds is 6. The second-order valence-corrected chi connectivity index (χ2v) is 10.4. The molecule has 1 fully saturated rings. The van der Waals surface area contributed by atoms with E-state index in [0.717, 1.165) is 0 Å². The van der Waals surface area contributed by atoms with E-state index in [0.29, 0.717) is 11.3 Å². The third-order valence-corrected chi connectivity index (χ3v) is 7.47. The number of nitrogens with zero attached hydrogens (tertiary/aromatic N) is 3. The smallest absolute Gasteiger partial charge is 0.322 e. The molecule has 1 N–H and O–H groups in total. The minimum Gasteiger partial charge on any atom is -0.403 e. The van der Waals surface area contributed by atoms with Crippen LogP contribution in [0, 0.1) is 11.7 Å². The summed E-state index contributed by atoms with van der Waals surface area (Å²) in [5.74, 6) is -1.76. The Balaban J connectivity index is 1.46. The van der Waals surface area contributed by atoms with Crippen molar-refractivity contribution in [1.29, 1.82) is 0 Å². The molecule has 172 valence electrons. The Bertz CT molecular complexity index is 1300. The molecule has 9 nitrogen and oxygen atoms in total. The number of hydrogen-bond donors (Lipinski definition) is 1. The number of amides is 2. The molecule has 4 rings (SSSR count). The number of halogens is 1. The molecule has 1 atom stereocenters. The Kier molecular flexibility index (Phi) is 5.98. The minimum atomic E-state index is -3.48. The lowest BCUT2D eigenvalue weighted by molar-refractivity contribution is -0.122. The number of aromatic nitrogens is 2. The standard InChI is InChI=1S/C22H21FN4O5S/c1-13(2)33(30,31)18-5-3-4-14(10-18)21-25-26-22(32-21)24-20(29)15-11-19(28)27(12-15)17-8-6-16(23)7-9-17/h3-10,13,15H,11-12H2,1-2H3,(H,24,26,29). The van der Waals surface area contributed by atoms with Gasteiger partial charge < -0.3 is 9.32 Å². The Hall–Kier alpha value is -3.60. The molecule has 1 aromatic heterocycles. The molecule has 0 spiro atoms. The van der Waals surface area contributed by atoms with Crippen LogP contribution in [-0.2, 0) is 19.4 Å². The zero-order chi connectivity index (χ0) is 23.8. The van der Waals surface area contributed by atoms with Crippen molar-refractivity contribution in [2.24, 2.45) is 5.92 Å². The van der Waals surface area contributed by atoms with E-state index in [1.807, 2.05) is 0 Å². The Labute approximate surface area is 189 Å². The maximum Gasteiger partial charge on any atom is 0.322 e. The molecule has 1 unspecified atom stereocenters. The van der Waals surface area contributed by atoms with Crippen LogP contribution in [-0.4, -0.2) is 42.2 Å². The van der Waals surface area contributed by atoms with Crippen molar-refractivity contribution in [3.8, 4) is 11.5 Å². The van der Waals surface area contributed by atoms with Gasteiger partial charge in [0.1, 0.15) is 5.82 Å². The summed E-state index contributed by atoms with van der Waals surface area (Å²) in [6, 6.07) is 11.4. The number of anilines is 2. The normalized spacial score (nSPS) is 16.4. The van der Waals surface area contributed by atoms with E-state index in [4.69, 9.17) is 4.42 Å². The molecule has 0 saturated carbocycles. The maximum absolute atomic E-state index is 13.1. The van der Waals surface area contributed by atoms with Gasteiger partial charge in [-0.2, -0.15) is 0 Å². The first kappa shape index (κ1) is 22.6. The molecular weight excluding hydrogens is 451 g/mol. The first-order chi connectivity index (χ1) is 15.6. The van der Waals surface area contributed by atoms with E-state index in [2.05, 4.69) is 15.5 Å². The van der Waals surface area contributed by atoms with E-state index >= 15 is 0 Å². The van der Waals surface area contributed by atoms with Crippen LogP contribution in [0.2, 0.25) is 0 Å². The number of hydrogen-bond acceptors (Lipinski definition) is 7. The lowest BCUT2D eigenvalue weighted by atomic mass is 10.1. The molecule has 33 heavy (non-hydrogen) atoms. The fourth-order valence-electron chi connectivity index (χ4n) is 3.43. The fraction of sp³-hybridized carbons (Fsp3) is 0.273. The highest BCUT2D eigenvalue weighted by molar-refractivity contribution is 7.92. The number of benzene rings is 2. The van der Waals surface area contributed by atoms with Crippen LogP contribution >= 0.6 is 0 Å². The molecule has 1 saturated heterocycles. The Morgan fingerprint density at radius 2 is 1.91 bits per heavy atom. The summed E-state index contributed by atoms with van der Waals surface area (Å²) in [6.07, 6.45) is -0.0146. The SMILES string of the molecule is CC(C)S(=O)(=O)c1cccc(-c2nnc(NC(=O)C3CC(=O)N(c4ccc(F)cc4)C3)o2)c1. The van der Waals surface area contributed by atoms with Crippen molar-refractivity contribution < 1.29 is 26.8 Å². The van der Waals surface area contributed by atoms with Gasteiger partial charge in [-0.15, -0.1) is 5.10 Å². The molecule has 1 aliphatic rings. The van der Waals surface area contributed by atoms with Gasteiger partial charge in [0.25, 0.3) is 0 Å². The van der Waals surface area contributed by atoms with Crippen LogP contribution in [0.25, 0.3) is 11.5 Å². The molecule has 1 aliphatic heterocycles. The molecule has 3 aromatic rings. The quantitative estimate of drug-likeness (QED) is 0.585. The average molecular weight is 472 g/mol. The lowest BCUT2D eigenvalue weighted by Crippen LogP contribution is -2.28. The monoisotopic (exact) mass is 472 g/mol. The number of carbonyl (C=O) groups is 2. The van der Waals surface area contributed by atoms with Crippen molar-refractivity contribution in [3.63, 3.8) is 0 Å². The highest BCUT2D eigenvalue weighted by atomic mass is 32.2. The maximum atomic E-state index is 13.1. The fourth-order valence-corrected chi connectivity index (χ4v) is 4.53. The summed E-state index contributed by atoms with van der Waals surface area (Å²) in [4.78, 5) is 26.5. The van der Waals surface area contributed by atoms with Crippen LogP contribution in [0.1, 0.15) is 20.3 Å². The van der Waals surface area contributed by atoms with Crippen LogP contribution in [0.3, 0.4) is 0 Å². The molecule has 0 radical (unpaired) electrons. The highest BCUT2D eigenvalue weighted by Gasteiger charge is 2.35. The largest absolute Gasteiger partial charge is 0.403 e. The number of carbonyl (C=O) groups excluding carboxylic acids is 2. The average Bonchev–Trinajstić information content (AvgIpc) is 3.41. The van der Waals surface area contributed by atoms with Crippen molar-refractivity contribution in [3.05, 3.63) is 54.3 Å². The van der Waals surface area contributed by atoms with Crippen LogP contribution < -0.4 is 10.2 Å². The highest BCUT2D eigenvalue weighted by Crippen LogP contribution is 2.28. The van der Waals surface area contributed by atoms with Gasteiger partial charge in [-0.05, 0) is 56.3 Å². The summed E-state index contributed by atoms with van der Waals surface area (Å²) in [7, 11) is -3.48. The second-order valence-electron chi connectivity index (χ2n) is 7.91. The van der Waals surface area contributed by atoms with Gasteiger partial charge >= 0.3 is 6.01 Å². The number of nitrogens with one attached hydrogen (secondary N) is 1. The third kappa shape index (κ3) is 4.63. The first-order valence-corrected chi connectivity index (χ1v) is 11.7. The molecule has 2 heterocycles. The van der Waals surface area contributed by atoms with Crippen LogP contribution in [0.5, 0.6) is 0 Å². The minimum absolute atomic E-state index is 0.0146. The van der Waals surface area contributed by atoms with Gasteiger partial charge in [0.05, 0.1) is 16.1 Å². The summed E-state index contributed by atoms with van der Waals surface area (Å²) >= 11 is 0. The lowest BCUT2D eigenvalue weighted by Gasteiger charge is -2.16. The topological polar surface area (TPSA) is 122 Å². The van der Waals surface area contributed by atoms with Gasteiger partial charge in [0, 0.05) is 24.2 Å². The van der Waals surface area contributed by atoms with Gasteiger partial charge in [-0.1, -0.05) is 11.2 Å². The van der Waals surface area contributed by atoms with Crippen LogP contribution in [0.15, 0.2) is 57.8 Å². The molecule has 2 aromatic carbocycles. The molecule has 11 heteroatoms. The van der Waals surface area contributed by atoms with Crippen molar-refractivity contribution >= 4 is 33.4 Å². The summed E-state index contributed by atoms with van der Waals surface area (Å²) in [6.45, 7) is 3.31. The zero-order valence-electron chi connectivity index (χ0n) is 17.9. The summed E-state index contributed by atoms with van der Waals surface area (Å²) in [5.41, 5.74) is 0.899. The molecule has 0 bridgehead atoms. The first-order valence-electron chi connectivity index (χ1n) is 10.2. The van der Waals surface area contributed by atoms with Crippen molar-refractivity contribution in [2.45, 2.75) is 30.4 Å². The van der Waals surface area contributed by atoms with E-state index < -0.39 is 32.7 Å². The van der Waals surface area contributed by atoms with Gasteiger partial charge in [-0.3, -0.25) is 14.9 Å². The van der Waals surface area contributed by atoms with Crippen molar-refractivity contribution in [2.75, 3.05) is 16.8 Å². The van der Waals surface area contributed by atoms with E-state index in [-0.39, 0.29) is 35.7 Å².